The highest BCUT2D eigenvalue weighted by Crippen LogP contribution is 2.28. The van der Waals surface area contributed by atoms with Crippen molar-refractivity contribution in [3.63, 3.8) is 0 Å². The summed E-state index contributed by atoms with van der Waals surface area (Å²) in [5.74, 6) is 0.989. The van der Waals surface area contributed by atoms with E-state index in [-0.39, 0.29) is 0 Å². The Bertz CT molecular complexity index is 174. The van der Waals surface area contributed by atoms with Crippen LogP contribution in [0.5, 0.6) is 0 Å². The predicted molar refractivity (Wildman–Crippen MR) is 61.9 cm³/mol. The van der Waals surface area contributed by atoms with Crippen molar-refractivity contribution < 1.29 is 9.84 Å². The summed E-state index contributed by atoms with van der Waals surface area (Å²) in [5, 5.41) is 13.6. The molecule has 0 aliphatic carbocycles. The van der Waals surface area contributed by atoms with Crippen molar-refractivity contribution in [2.24, 2.45) is 11.8 Å². The monoisotopic (exact) mass is 215 g/mol. The van der Waals surface area contributed by atoms with Crippen LogP contribution >= 0.6 is 0 Å². The normalized spacial score (nSPS) is 25.8. The molecular weight excluding hydrogens is 190 g/mol. The number of rotatable bonds is 6. The number of ether oxygens (including phenoxy) is 1. The van der Waals surface area contributed by atoms with Gasteiger partial charge in [-0.2, -0.15) is 0 Å². The van der Waals surface area contributed by atoms with Gasteiger partial charge in [-0.15, -0.1) is 0 Å². The van der Waals surface area contributed by atoms with Gasteiger partial charge in [-0.05, 0) is 38.8 Å². The first kappa shape index (κ1) is 12.9. The Morgan fingerprint density at radius 1 is 1.53 bits per heavy atom. The average molecular weight is 215 g/mol. The van der Waals surface area contributed by atoms with Crippen LogP contribution in [-0.2, 0) is 4.74 Å². The summed E-state index contributed by atoms with van der Waals surface area (Å²) in [6.07, 6.45) is 1.81. The number of hydrogen-bond acceptors (Lipinski definition) is 3. The first-order valence-corrected chi connectivity index (χ1v) is 6.03. The molecule has 1 rings (SSSR count). The lowest BCUT2D eigenvalue weighted by atomic mass is 9.86. The van der Waals surface area contributed by atoms with E-state index < -0.39 is 5.60 Å². The van der Waals surface area contributed by atoms with Crippen LogP contribution in [-0.4, -0.2) is 37.0 Å². The largest absolute Gasteiger partial charge is 0.390 e. The summed E-state index contributed by atoms with van der Waals surface area (Å²) in [6, 6.07) is 0. The average Bonchev–Trinajstić information content (AvgIpc) is 2.65. The Hall–Kier alpha value is -0.120. The lowest BCUT2D eigenvalue weighted by Gasteiger charge is -2.29. The lowest BCUT2D eigenvalue weighted by Crippen LogP contribution is -2.38. The molecule has 2 N–H and O–H groups in total. The highest BCUT2D eigenvalue weighted by Gasteiger charge is 2.33. The van der Waals surface area contributed by atoms with Gasteiger partial charge in [0.2, 0.25) is 0 Å². The van der Waals surface area contributed by atoms with Crippen LogP contribution in [0, 0.1) is 11.8 Å². The third-order valence-corrected chi connectivity index (χ3v) is 3.17. The molecule has 0 aromatic rings. The molecule has 2 unspecified atom stereocenters. The topological polar surface area (TPSA) is 41.5 Å². The Balaban J connectivity index is 2.17. The van der Waals surface area contributed by atoms with Gasteiger partial charge in [-0.25, -0.2) is 0 Å². The summed E-state index contributed by atoms with van der Waals surface area (Å²) in [4.78, 5) is 0. The summed E-state index contributed by atoms with van der Waals surface area (Å²) in [5.41, 5.74) is -0.569. The zero-order valence-corrected chi connectivity index (χ0v) is 10.3. The van der Waals surface area contributed by atoms with E-state index in [1.54, 1.807) is 0 Å². The van der Waals surface area contributed by atoms with E-state index in [1.165, 1.54) is 0 Å². The lowest BCUT2D eigenvalue weighted by molar-refractivity contribution is -0.0118. The molecule has 0 saturated carbocycles. The fraction of sp³-hybridized carbons (Fsp3) is 1.00. The third kappa shape index (κ3) is 4.49. The van der Waals surface area contributed by atoms with Gasteiger partial charge in [0.1, 0.15) is 0 Å². The number of aliphatic hydroxyl groups is 1. The fourth-order valence-electron chi connectivity index (χ4n) is 1.96. The van der Waals surface area contributed by atoms with Crippen LogP contribution in [0.4, 0.5) is 0 Å². The zero-order chi connectivity index (χ0) is 11.3. The molecule has 3 heteroatoms. The van der Waals surface area contributed by atoms with Crippen molar-refractivity contribution in [1.29, 1.82) is 0 Å². The van der Waals surface area contributed by atoms with Gasteiger partial charge in [0.25, 0.3) is 0 Å². The number of nitrogens with one attached hydrogen (secondary N) is 1. The first-order valence-electron chi connectivity index (χ1n) is 6.03. The maximum atomic E-state index is 10.3. The van der Waals surface area contributed by atoms with Crippen LogP contribution in [0.15, 0.2) is 0 Å². The van der Waals surface area contributed by atoms with Gasteiger partial charge in [-0.3, -0.25) is 0 Å². The molecule has 1 aliphatic rings. The Morgan fingerprint density at radius 3 is 2.80 bits per heavy atom. The van der Waals surface area contributed by atoms with Gasteiger partial charge >= 0.3 is 0 Å². The molecule has 0 amide bonds. The second kappa shape index (κ2) is 5.83. The van der Waals surface area contributed by atoms with Crippen molar-refractivity contribution in [2.75, 3.05) is 26.3 Å². The zero-order valence-electron chi connectivity index (χ0n) is 10.3. The van der Waals surface area contributed by atoms with Crippen molar-refractivity contribution >= 4 is 0 Å². The van der Waals surface area contributed by atoms with Gasteiger partial charge < -0.3 is 15.2 Å². The van der Waals surface area contributed by atoms with Gasteiger partial charge in [-0.1, -0.05) is 13.8 Å². The fourth-order valence-corrected chi connectivity index (χ4v) is 1.96. The molecule has 1 fully saturated rings. The second-order valence-corrected chi connectivity index (χ2v) is 5.27. The highest BCUT2D eigenvalue weighted by molar-refractivity contribution is 4.85. The van der Waals surface area contributed by atoms with E-state index >= 15 is 0 Å². The molecule has 1 saturated heterocycles. The van der Waals surface area contributed by atoms with E-state index in [0.717, 1.165) is 39.1 Å². The molecule has 0 aromatic heterocycles. The quantitative estimate of drug-likeness (QED) is 0.658. The molecule has 1 heterocycles. The molecule has 1 aliphatic heterocycles. The predicted octanol–water partition coefficient (Wildman–Crippen LogP) is 1.41. The molecular formula is C12H25NO2. The third-order valence-electron chi connectivity index (χ3n) is 3.17. The standard InChI is InChI=1S/C12H25NO2/c1-10(2)8-13-6-5-12(3,14)11-4-7-15-9-11/h10-11,13-14H,4-9H2,1-3H3. The van der Waals surface area contributed by atoms with E-state index in [0.29, 0.717) is 11.8 Å². The molecule has 15 heavy (non-hydrogen) atoms. The minimum Gasteiger partial charge on any atom is -0.390 e. The van der Waals surface area contributed by atoms with E-state index in [1.807, 2.05) is 6.92 Å². The Morgan fingerprint density at radius 2 is 2.27 bits per heavy atom. The molecule has 3 nitrogen and oxygen atoms in total. The van der Waals surface area contributed by atoms with Crippen LogP contribution in [0.2, 0.25) is 0 Å². The second-order valence-electron chi connectivity index (χ2n) is 5.27. The molecule has 0 aromatic carbocycles. The van der Waals surface area contributed by atoms with Crippen LogP contribution < -0.4 is 5.32 Å². The van der Waals surface area contributed by atoms with Crippen molar-refractivity contribution in [3.8, 4) is 0 Å². The van der Waals surface area contributed by atoms with Crippen LogP contribution in [0.25, 0.3) is 0 Å². The summed E-state index contributed by atoms with van der Waals surface area (Å²) < 4.78 is 5.31. The summed E-state index contributed by atoms with van der Waals surface area (Å²) in [6.45, 7) is 9.76. The van der Waals surface area contributed by atoms with Crippen molar-refractivity contribution in [2.45, 2.75) is 39.2 Å². The minimum absolute atomic E-state index is 0.318. The van der Waals surface area contributed by atoms with Crippen molar-refractivity contribution in [3.05, 3.63) is 0 Å². The molecule has 90 valence electrons. The minimum atomic E-state index is -0.569. The molecule has 0 bridgehead atoms. The maximum Gasteiger partial charge on any atom is 0.0682 e. The van der Waals surface area contributed by atoms with Crippen LogP contribution in [0.3, 0.4) is 0 Å². The van der Waals surface area contributed by atoms with E-state index in [4.69, 9.17) is 4.74 Å². The summed E-state index contributed by atoms with van der Waals surface area (Å²) in [7, 11) is 0. The van der Waals surface area contributed by atoms with E-state index in [2.05, 4.69) is 19.2 Å². The van der Waals surface area contributed by atoms with E-state index in [9.17, 15) is 5.11 Å². The molecule has 2 atom stereocenters. The van der Waals surface area contributed by atoms with Crippen LogP contribution in [0.1, 0.15) is 33.6 Å². The smallest absolute Gasteiger partial charge is 0.0682 e. The highest BCUT2D eigenvalue weighted by atomic mass is 16.5. The SMILES string of the molecule is CC(C)CNCCC(C)(O)C1CCOC1. The maximum absolute atomic E-state index is 10.3. The van der Waals surface area contributed by atoms with Gasteiger partial charge in [0, 0.05) is 12.5 Å². The van der Waals surface area contributed by atoms with Gasteiger partial charge in [0.15, 0.2) is 0 Å². The Kier molecular flexibility index (Phi) is 5.03. The number of hydrogen-bond donors (Lipinski definition) is 2. The first-order chi connectivity index (χ1) is 7.02. The summed E-state index contributed by atoms with van der Waals surface area (Å²) >= 11 is 0. The van der Waals surface area contributed by atoms with Gasteiger partial charge in [0.05, 0.1) is 12.2 Å². The Labute approximate surface area is 93.2 Å². The molecule has 0 spiro atoms. The molecule has 0 radical (unpaired) electrons. The van der Waals surface area contributed by atoms with Crippen molar-refractivity contribution in [1.82, 2.24) is 5.32 Å².